The number of hydrogen-bond donors (Lipinski definition) is 2. The van der Waals surface area contributed by atoms with Crippen LogP contribution in [0.4, 0.5) is 0 Å². The van der Waals surface area contributed by atoms with Crippen LogP contribution in [0.25, 0.3) is 0 Å². The number of imide groups is 1. The molecule has 3 aliphatic heterocycles. The number of hydrogen-bond acceptors (Lipinski definition) is 5. The van der Waals surface area contributed by atoms with Gasteiger partial charge in [0.1, 0.15) is 6.04 Å². The zero-order chi connectivity index (χ0) is 19.8. The molecule has 3 heterocycles. The summed E-state index contributed by atoms with van der Waals surface area (Å²) >= 11 is 0. The molecule has 150 valence electrons. The maximum Gasteiger partial charge on any atom is 0.255 e. The van der Waals surface area contributed by atoms with Gasteiger partial charge in [-0.3, -0.25) is 24.6 Å². The first kappa shape index (κ1) is 19.1. The van der Waals surface area contributed by atoms with Crippen LogP contribution >= 0.6 is 0 Å². The summed E-state index contributed by atoms with van der Waals surface area (Å²) in [5.74, 6) is -0.142. The number of likely N-dealkylation sites (tertiary alicyclic amines) is 1. The number of benzene rings is 1. The van der Waals surface area contributed by atoms with Crippen molar-refractivity contribution < 1.29 is 14.4 Å². The Morgan fingerprint density at radius 3 is 2.61 bits per heavy atom. The minimum absolute atomic E-state index is 0.109. The summed E-state index contributed by atoms with van der Waals surface area (Å²) in [4.78, 5) is 40.5. The number of rotatable bonds is 4. The molecule has 2 atom stereocenters. The Labute approximate surface area is 165 Å². The second-order valence-corrected chi connectivity index (χ2v) is 8.36. The summed E-state index contributed by atoms with van der Waals surface area (Å²) < 4.78 is 0. The van der Waals surface area contributed by atoms with Gasteiger partial charge in [0.25, 0.3) is 5.91 Å². The molecule has 4 rings (SSSR count). The quantitative estimate of drug-likeness (QED) is 0.756. The number of nitrogens with two attached hydrogens (primary N) is 1. The zero-order valence-electron chi connectivity index (χ0n) is 16.3. The average Bonchev–Trinajstić information content (AvgIpc) is 2.98. The first-order chi connectivity index (χ1) is 13.4. The normalized spacial score (nSPS) is 25.0. The lowest BCUT2D eigenvalue weighted by Gasteiger charge is -2.33. The van der Waals surface area contributed by atoms with Gasteiger partial charge in [0.2, 0.25) is 11.8 Å². The summed E-state index contributed by atoms with van der Waals surface area (Å²) in [6, 6.07) is 5.75. The van der Waals surface area contributed by atoms with Crippen LogP contribution in [-0.2, 0) is 22.7 Å². The van der Waals surface area contributed by atoms with Crippen LogP contribution in [0.2, 0.25) is 0 Å². The van der Waals surface area contributed by atoms with Gasteiger partial charge in [0, 0.05) is 31.1 Å². The Bertz CT molecular complexity index is 799. The van der Waals surface area contributed by atoms with Crippen LogP contribution in [0.1, 0.15) is 54.1 Å². The standard InChI is InChI=1S/C21H28N4O3/c1-13(22)15-6-8-24(9-7-15)11-14-2-3-16-12-25(21(28)17(16)10-14)18-4-5-19(26)23-20(18)27/h2-3,10,13,15,18H,4-9,11-12,22H2,1H3,(H,23,26,27). The van der Waals surface area contributed by atoms with E-state index in [9.17, 15) is 14.4 Å². The molecule has 0 aliphatic carbocycles. The van der Waals surface area contributed by atoms with Gasteiger partial charge in [0.15, 0.2) is 0 Å². The maximum absolute atomic E-state index is 12.9. The van der Waals surface area contributed by atoms with E-state index in [1.54, 1.807) is 4.90 Å². The summed E-state index contributed by atoms with van der Waals surface area (Å²) in [5, 5.41) is 2.34. The lowest BCUT2D eigenvalue weighted by molar-refractivity contribution is -0.136. The van der Waals surface area contributed by atoms with Crippen molar-refractivity contribution in [1.29, 1.82) is 0 Å². The molecule has 7 nitrogen and oxygen atoms in total. The van der Waals surface area contributed by atoms with Crippen molar-refractivity contribution in [3.63, 3.8) is 0 Å². The lowest BCUT2D eigenvalue weighted by atomic mass is 9.91. The highest BCUT2D eigenvalue weighted by atomic mass is 16.2. The summed E-state index contributed by atoms with van der Waals surface area (Å²) in [6.45, 7) is 5.39. The molecule has 0 radical (unpaired) electrons. The highest BCUT2D eigenvalue weighted by Crippen LogP contribution is 2.29. The topological polar surface area (TPSA) is 95.7 Å². The zero-order valence-corrected chi connectivity index (χ0v) is 16.3. The Morgan fingerprint density at radius 1 is 1.18 bits per heavy atom. The molecule has 7 heteroatoms. The molecule has 3 aliphatic rings. The number of amides is 3. The fourth-order valence-corrected chi connectivity index (χ4v) is 4.60. The van der Waals surface area contributed by atoms with Gasteiger partial charge < -0.3 is 10.6 Å². The largest absolute Gasteiger partial charge is 0.328 e. The summed E-state index contributed by atoms with van der Waals surface area (Å²) in [5.41, 5.74) is 8.79. The Morgan fingerprint density at radius 2 is 1.93 bits per heavy atom. The molecule has 0 saturated carbocycles. The molecule has 2 unspecified atom stereocenters. The third-order valence-corrected chi connectivity index (χ3v) is 6.37. The molecule has 28 heavy (non-hydrogen) atoms. The van der Waals surface area contributed by atoms with Crippen LogP contribution in [0.3, 0.4) is 0 Å². The van der Waals surface area contributed by atoms with Crippen molar-refractivity contribution in [2.24, 2.45) is 11.7 Å². The number of carbonyl (C=O) groups excluding carboxylic acids is 3. The fraction of sp³-hybridized carbons (Fsp3) is 0.571. The predicted octanol–water partition coefficient (Wildman–Crippen LogP) is 1.01. The molecule has 2 saturated heterocycles. The van der Waals surface area contributed by atoms with E-state index in [-0.39, 0.29) is 30.2 Å². The molecule has 1 aromatic rings. The highest BCUT2D eigenvalue weighted by Gasteiger charge is 2.39. The minimum atomic E-state index is -0.557. The average molecular weight is 384 g/mol. The number of nitrogens with zero attached hydrogens (tertiary/aromatic N) is 2. The molecule has 0 aromatic heterocycles. The van der Waals surface area contributed by atoms with Crippen LogP contribution in [0.5, 0.6) is 0 Å². The van der Waals surface area contributed by atoms with Gasteiger partial charge in [0.05, 0.1) is 0 Å². The van der Waals surface area contributed by atoms with Crippen molar-refractivity contribution >= 4 is 17.7 Å². The van der Waals surface area contributed by atoms with Gasteiger partial charge >= 0.3 is 0 Å². The van der Waals surface area contributed by atoms with Gasteiger partial charge in [-0.2, -0.15) is 0 Å². The van der Waals surface area contributed by atoms with Gasteiger partial charge in [-0.15, -0.1) is 0 Å². The molecular weight excluding hydrogens is 356 g/mol. The first-order valence-corrected chi connectivity index (χ1v) is 10.2. The second-order valence-electron chi connectivity index (χ2n) is 8.36. The van der Waals surface area contributed by atoms with Crippen molar-refractivity contribution in [1.82, 2.24) is 15.1 Å². The van der Waals surface area contributed by atoms with E-state index < -0.39 is 6.04 Å². The van der Waals surface area contributed by atoms with Crippen molar-refractivity contribution in [3.8, 4) is 0 Å². The van der Waals surface area contributed by atoms with Crippen molar-refractivity contribution in [3.05, 3.63) is 34.9 Å². The third-order valence-electron chi connectivity index (χ3n) is 6.37. The summed E-state index contributed by atoms with van der Waals surface area (Å²) in [6.07, 6.45) is 2.90. The van der Waals surface area contributed by atoms with E-state index >= 15 is 0 Å². The molecule has 0 bridgehead atoms. The van der Waals surface area contributed by atoms with Crippen LogP contribution < -0.4 is 11.1 Å². The molecular formula is C21H28N4O3. The number of carbonyl (C=O) groups is 3. The van der Waals surface area contributed by atoms with Crippen LogP contribution in [0, 0.1) is 5.92 Å². The van der Waals surface area contributed by atoms with Gasteiger partial charge in [-0.05, 0) is 62.4 Å². The SMILES string of the molecule is CC(N)C1CCN(Cc2ccc3c(c2)C(=O)N(C2CCC(=O)NC2=O)C3)CC1. The number of piperidine rings is 2. The fourth-order valence-electron chi connectivity index (χ4n) is 4.60. The van der Waals surface area contributed by atoms with Gasteiger partial charge in [-0.25, -0.2) is 0 Å². The predicted molar refractivity (Wildman–Crippen MR) is 104 cm³/mol. The molecule has 1 aromatic carbocycles. The molecule has 2 fully saturated rings. The van der Waals surface area contributed by atoms with E-state index in [1.165, 1.54) is 0 Å². The van der Waals surface area contributed by atoms with E-state index in [2.05, 4.69) is 23.2 Å². The summed E-state index contributed by atoms with van der Waals surface area (Å²) in [7, 11) is 0. The Hall–Kier alpha value is -2.25. The number of nitrogens with one attached hydrogen (secondary N) is 1. The van der Waals surface area contributed by atoms with E-state index in [0.29, 0.717) is 24.4 Å². The van der Waals surface area contributed by atoms with E-state index in [0.717, 1.165) is 43.6 Å². The smallest absolute Gasteiger partial charge is 0.255 e. The third kappa shape index (κ3) is 3.69. The first-order valence-electron chi connectivity index (χ1n) is 10.2. The van der Waals surface area contributed by atoms with Crippen molar-refractivity contribution in [2.45, 2.75) is 57.8 Å². The molecule has 3 N–H and O–H groups in total. The van der Waals surface area contributed by atoms with Crippen LogP contribution in [0.15, 0.2) is 18.2 Å². The molecule has 0 spiro atoms. The van der Waals surface area contributed by atoms with Crippen LogP contribution in [-0.4, -0.2) is 52.7 Å². The molecule has 3 amide bonds. The monoisotopic (exact) mass is 384 g/mol. The Balaban J connectivity index is 1.42. The second kappa shape index (κ2) is 7.64. The minimum Gasteiger partial charge on any atom is -0.328 e. The Kier molecular flexibility index (Phi) is 5.21. The van der Waals surface area contributed by atoms with Crippen molar-refractivity contribution in [2.75, 3.05) is 13.1 Å². The lowest BCUT2D eigenvalue weighted by Crippen LogP contribution is -2.52. The van der Waals surface area contributed by atoms with E-state index in [4.69, 9.17) is 5.73 Å². The van der Waals surface area contributed by atoms with E-state index in [1.807, 2.05) is 12.1 Å². The maximum atomic E-state index is 12.9. The van der Waals surface area contributed by atoms with Gasteiger partial charge in [-0.1, -0.05) is 12.1 Å². The number of fused-ring (bicyclic) bond motifs is 1. The highest BCUT2D eigenvalue weighted by molar-refractivity contribution is 6.05.